The predicted molar refractivity (Wildman–Crippen MR) is 143 cm³/mol. The number of rotatable bonds is 3. The van der Waals surface area contributed by atoms with Crippen molar-refractivity contribution in [2.24, 2.45) is 5.41 Å². The van der Waals surface area contributed by atoms with E-state index in [2.05, 4.69) is 18.8 Å². The summed E-state index contributed by atoms with van der Waals surface area (Å²) in [5.74, 6) is -0.125. The van der Waals surface area contributed by atoms with Crippen LogP contribution in [0.2, 0.25) is 5.02 Å². The number of hydrogen-bond donors (Lipinski definition) is 0. The average Bonchev–Trinajstić information content (AvgIpc) is 3.19. The van der Waals surface area contributed by atoms with Crippen molar-refractivity contribution in [3.05, 3.63) is 34.7 Å². The van der Waals surface area contributed by atoms with Gasteiger partial charge in [-0.05, 0) is 65.5 Å². The van der Waals surface area contributed by atoms with Crippen LogP contribution in [0.25, 0.3) is 11.1 Å². The highest BCUT2D eigenvalue weighted by atomic mass is 35.5. The molecule has 2 aromatic rings. The highest BCUT2D eigenvalue weighted by molar-refractivity contribution is 6.33. The fourth-order valence-corrected chi connectivity index (χ4v) is 4.37. The molecule has 0 saturated heterocycles. The van der Waals surface area contributed by atoms with E-state index < -0.39 is 23.4 Å². The zero-order valence-electron chi connectivity index (χ0n) is 23.4. The Hall–Kier alpha value is -3.07. The molecule has 0 saturated carbocycles. The first-order valence-electron chi connectivity index (χ1n) is 12.2. The van der Waals surface area contributed by atoms with Gasteiger partial charge in [-0.3, -0.25) is 4.79 Å². The van der Waals surface area contributed by atoms with Crippen molar-refractivity contribution < 1.29 is 23.9 Å². The molecule has 0 radical (unpaired) electrons. The van der Waals surface area contributed by atoms with Crippen molar-refractivity contribution in [3.8, 4) is 11.1 Å². The fraction of sp³-hybridized carbons (Fsp3) is 0.556. The third kappa shape index (κ3) is 6.44. The third-order valence-corrected chi connectivity index (χ3v) is 5.88. The lowest BCUT2D eigenvalue weighted by atomic mass is 9.89. The molecule has 10 heteroatoms. The summed E-state index contributed by atoms with van der Waals surface area (Å²) in [6, 6.07) is 3.37. The van der Waals surface area contributed by atoms with Crippen LogP contribution in [-0.2, 0) is 22.4 Å². The standard InChI is InChI=1S/C27H37ClN4O5/c1-25(2,3)36-23(34)32(24(35)37-26(4,5)6)21-12-16(18(28)14-29-21)17-11-19(22(33)30(9)10)31-15-27(7,8)13-20(17)31/h11-12,14H,13,15H2,1-10H3. The first-order chi connectivity index (χ1) is 16.8. The minimum absolute atomic E-state index is 0.000549. The average molecular weight is 533 g/mol. The largest absolute Gasteiger partial charge is 0.443 e. The van der Waals surface area contributed by atoms with E-state index in [1.807, 2.05) is 10.6 Å². The molecule has 0 spiro atoms. The molecule has 202 valence electrons. The lowest BCUT2D eigenvalue weighted by Crippen LogP contribution is -2.44. The van der Waals surface area contributed by atoms with Gasteiger partial charge < -0.3 is 18.9 Å². The molecular formula is C27H37ClN4O5. The first-order valence-corrected chi connectivity index (χ1v) is 12.5. The van der Waals surface area contributed by atoms with E-state index in [9.17, 15) is 14.4 Å². The van der Waals surface area contributed by atoms with Gasteiger partial charge in [0.25, 0.3) is 5.91 Å². The van der Waals surface area contributed by atoms with Crippen molar-refractivity contribution in [2.45, 2.75) is 79.6 Å². The molecule has 3 rings (SSSR count). The van der Waals surface area contributed by atoms with Gasteiger partial charge in [-0.2, -0.15) is 4.90 Å². The number of hydrogen-bond acceptors (Lipinski definition) is 6. The minimum Gasteiger partial charge on any atom is -0.443 e. The molecule has 0 atom stereocenters. The number of pyridine rings is 1. The van der Waals surface area contributed by atoms with Crippen LogP contribution in [0.1, 0.15) is 71.6 Å². The van der Waals surface area contributed by atoms with E-state index in [1.165, 1.54) is 11.1 Å². The van der Waals surface area contributed by atoms with Gasteiger partial charge in [-0.1, -0.05) is 25.4 Å². The van der Waals surface area contributed by atoms with E-state index in [0.29, 0.717) is 22.8 Å². The van der Waals surface area contributed by atoms with E-state index in [1.54, 1.807) is 61.7 Å². The Bertz CT molecular complexity index is 1210. The minimum atomic E-state index is -0.922. The molecule has 1 aliphatic heterocycles. The van der Waals surface area contributed by atoms with Gasteiger partial charge in [0.15, 0.2) is 0 Å². The van der Waals surface area contributed by atoms with Crippen LogP contribution in [0.4, 0.5) is 15.4 Å². The molecule has 37 heavy (non-hydrogen) atoms. The highest BCUT2D eigenvalue weighted by Crippen LogP contribution is 2.42. The number of carbonyl (C=O) groups is 3. The topological polar surface area (TPSA) is 94.0 Å². The van der Waals surface area contributed by atoms with Crippen LogP contribution in [0.3, 0.4) is 0 Å². The van der Waals surface area contributed by atoms with Gasteiger partial charge in [-0.15, -0.1) is 0 Å². The van der Waals surface area contributed by atoms with Crippen LogP contribution in [0.5, 0.6) is 0 Å². The third-order valence-electron chi connectivity index (χ3n) is 5.58. The smallest absolute Gasteiger partial charge is 0.425 e. The van der Waals surface area contributed by atoms with Gasteiger partial charge in [0.2, 0.25) is 0 Å². The Kier molecular flexibility index (Phi) is 7.45. The Morgan fingerprint density at radius 2 is 1.51 bits per heavy atom. The first kappa shape index (κ1) is 28.5. The van der Waals surface area contributed by atoms with Gasteiger partial charge in [0.05, 0.1) is 5.02 Å². The van der Waals surface area contributed by atoms with E-state index in [-0.39, 0.29) is 17.1 Å². The molecule has 0 aliphatic carbocycles. The molecule has 0 unspecified atom stereocenters. The predicted octanol–water partition coefficient (Wildman–Crippen LogP) is 6.16. The summed E-state index contributed by atoms with van der Waals surface area (Å²) in [5, 5.41) is 0.319. The molecule has 3 amide bonds. The number of anilines is 1. The number of fused-ring (bicyclic) bond motifs is 1. The summed E-state index contributed by atoms with van der Waals surface area (Å²) < 4.78 is 13.0. The van der Waals surface area contributed by atoms with E-state index in [0.717, 1.165) is 22.6 Å². The van der Waals surface area contributed by atoms with Crippen LogP contribution < -0.4 is 4.90 Å². The SMILES string of the molecule is CN(C)C(=O)c1cc(-c2cc(N(C(=O)OC(C)(C)C)C(=O)OC(C)(C)C)ncc2Cl)c2n1CC(C)(C)C2. The summed E-state index contributed by atoms with van der Waals surface area (Å²) in [6.07, 6.45) is 0.258. The van der Waals surface area contributed by atoms with Crippen molar-refractivity contribution in [3.63, 3.8) is 0 Å². The molecule has 0 fully saturated rings. The molecule has 0 aromatic carbocycles. The lowest BCUT2D eigenvalue weighted by Gasteiger charge is -2.28. The Morgan fingerprint density at radius 3 is 2.00 bits per heavy atom. The number of halogens is 1. The summed E-state index contributed by atoms with van der Waals surface area (Å²) in [6.45, 7) is 15.2. The van der Waals surface area contributed by atoms with Crippen molar-refractivity contribution >= 4 is 35.5 Å². The van der Waals surface area contributed by atoms with Gasteiger partial charge in [-0.25, -0.2) is 14.6 Å². The molecular weight excluding hydrogens is 496 g/mol. The normalized spacial score (nSPS) is 14.7. The second kappa shape index (κ2) is 9.67. The molecule has 1 aliphatic rings. The Labute approximate surface area is 223 Å². The fourth-order valence-electron chi connectivity index (χ4n) is 4.17. The second-order valence-electron chi connectivity index (χ2n) is 12.3. The van der Waals surface area contributed by atoms with Crippen molar-refractivity contribution in [2.75, 3.05) is 19.0 Å². The number of carbonyl (C=O) groups excluding carboxylic acids is 3. The van der Waals surface area contributed by atoms with Crippen molar-refractivity contribution in [1.82, 2.24) is 14.5 Å². The molecule has 3 heterocycles. The molecule has 0 bridgehead atoms. The maximum atomic E-state index is 13.1. The quantitative estimate of drug-likeness (QED) is 0.469. The summed E-state index contributed by atoms with van der Waals surface area (Å²) in [7, 11) is 3.41. The maximum Gasteiger partial charge on any atom is 0.425 e. The van der Waals surface area contributed by atoms with Crippen LogP contribution in [0, 0.1) is 5.41 Å². The highest BCUT2D eigenvalue weighted by Gasteiger charge is 2.37. The monoisotopic (exact) mass is 532 g/mol. The van der Waals surface area contributed by atoms with Crippen LogP contribution >= 0.6 is 11.6 Å². The Morgan fingerprint density at radius 1 is 0.973 bits per heavy atom. The molecule has 2 aromatic heterocycles. The van der Waals surface area contributed by atoms with Gasteiger partial charge in [0.1, 0.15) is 22.7 Å². The number of aromatic nitrogens is 2. The summed E-state index contributed by atoms with van der Waals surface area (Å²) >= 11 is 6.61. The number of amides is 3. The van der Waals surface area contributed by atoms with Crippen LogP contribution in [0.15, 0.2) is 18.3 Å². The molecule has 9 nitrogen and oxygen atoms in total. The Balaban J connectivity index is 2.17. The summed E-state index contributed by atoms with van der Waals surface area (Å²) in [5.41, 5.74) is 1.02. The van der Waals surface area contributed by atoms with Crippen LogP contribution in [-0.4, -0.2) is 57.8 Å². The van der Waals surface area contributed by atoms with Gasteiger partial charge >= 0.3 is 12.2 Å². The number of imide groups is 1. The number of ether oxygens (including phenoxy) is 2. The number of nitrogens with zero attached hydrogens (tertiary/aromatic N) is 4. The summed E-state index contributed by atoms with van der Waals surface area (Å²) in [4.78, 5) is 45.8. The van der Waals surface area contributed by atoms with Crippen molar-refractivity contribution in [1.29, 1.82) is 0 Å². The van der Waals surface area contributed by atoms with Gasteiger partial charge in [0, 0.05) is 43.7 Å². The van der Waals surface area contributed by atoms with E-state index in [4.69, 9.17) is 21.1 Å². The zero-order valence-corrected chi connectivity index (χ0v) is 24.1. The zero-order chi connectivity index (χ0) is 28.1. The molecule has 0 N–H and O–H groups in total. The second-order valence-corrected chi connectivity index (χ2v) is 12.7. The lowest BCUT2D eigenvalue weighted by molar-refractivity contribution is 0.0428. The maximum absolute atomic E-state index is 13.1. The van der Waals surface area contributed by atoms with E-state index >= 15 is 0 Å².